The second kappa shape index (κ2) is 6.89. The number of nitrogens with one attached hydrogen (secondary N) is 1. The number of aromatic nitrogens is 2. The third-order valence-electron chi connectivity index (χ3n) is 3.95. The SMILES string of the molecule is Oc1nc(NC2CCCCCC2)sc1Cc1cccnc1. The highest BCUT2D eigenvalue weighted by atomic mass is 32.1. The quantitative estimate of drug-likeness (QED) is 0.839. The molecule has 1 fully saturated rings. The van der Waals surface area contributed by atoms with E-state index in [2.05, 4.69) is 15.3 Å². The summed E-state index contributed by atoms with van der Waals surface area (Å²) in [6.07, 6.45) is 11.9. The zero-order valence-corrected chi connectivity index (χ0v) is 12.9. The highest BCUT2D eigenvalue weighted by Crippen LogP contribution is 2.31. The van der Waals surface area contributed by atoms with Crippen molar-refractivity contribution in [3.05, 3.63) is 35.0 Å². The summed E-state index contributed by atoms with van der Waals surface area (Å²) in [6, 6.07) is 4.44. The molecule has 1 saturated carbocycles. The number of nitrogens with zero attached hydrogens (tertiary/aromatic N) is 2. The molecule has 2 N–H and O–H groups in total. The van der Waals surface area contributed by atoms with Gasteiger partial charge in [0.15, 0.2) is 5.13 Å². The van der Waals surface area contributed by atoms with Gasteiger partial charge < -0.3 is 10.4 Å². The number of hydrogen-bond donors (Lipinski definition) is 2. The Morgan fingerprint density at radius 1 is 1.24 bits per heavy atom. The maximum absolute atomic E-state index is 10.0. The minimum Gasteiger partial charge on any atom is -0.492 e. The van der Waals surface area contributed by atoms with Crippen LogP contribution in [0.2, 0.25) is 0 Å². The van der Waals surface area contributed by atoms with Crippen LogP contribution in [0.3, 0.4) is 0 Å². The molecule has 0 aromatic carbocycles. The zero-order chi connectivity index (χ0) is 14.5. The third-order valence-corrected chi connectivity index (χ3v) is 4.92. The molecule has 5 heteroatoms. The van der Waals surface area contributed by atoms with Crippen LogP contribution >= 0.6 is 11.3 Å². The number of pyridine rings is 1. The number of thiazole rings is 1. The molecule has 2 heterocycles. The van der Waals surface area contributed by atoms with Gasteiger partial charge in [0.05, 0.1) is 4.88 Å². The first-order valence-electron chi connectivity index (χ1n) is 7.65. The number of aromatic hydroxyl groups is 1. The fraction of sp³-hybridized carbons (Fsp3) is 0.500. The molecule has 0 bridgehead atoms. The van der Waals surface area contributed by atoms with E-state index in [4.69, 9.17) is 0 Å². The molecule has 0 aliphatic heterocycles. The van der Waals surface area contributed by atoms with Crippen LogP contribution in [0.4, 0.5) is 5.13 Å². The molecular weight excluding hydrogens is 282 g/mol. The molecule has 0 amide bonds. The van der Waals surface area contributed by atoms with Crippen molar-refractivity contribution in [3.63, 3.8) is 0 Å². The number of hydrogen-bond acceptors (Lipinski definition) is 5. The predicted molar refractivity (Wildman–Crippen MR) is 85.9 cm³/mol. The summed E-state index contributed by atoms with van der Waals surface area (Å²) in [6.45, 7) is 0. The topological polar surface area (TPSA) is 58.0 Å². The van der Waals surface area contributed by atoms with E-state index < -0.39 is 0 Å². The van der Waals surface area contributed by atoms with Gasteiger partial charge in [-0.1, -0.05) is 43.1 Å². The van der Waals surface area contributed by atoms with Crippen molar-refractivity contribution in [1.29, 1.82) is 0 Å². The molecule has 3 rings (SSSR count). The summed E-state index contributed by atoms with van der Waals surface area (Å²) in [5, 5.41) is 14.4. The summed E-state index contributed by atoms with van der Waals surface area (Å²) in [5.74, 6) is 0.153. The van der Waals surface area contributed by atoms with Gasteiger partial charge >= 0.3 is 0 Å². The molecule has 2 aromatic rings. The van der Waals surface area contributed by atoms with Gasteiger partial charge in [0, 0.05) is 24.9 Å². The van der Waals surface area contributed by atoms with Crippen molar-refractivity contribution < 1.29 is 5.11 Å². The van der Waals surface area contributed by atoms with Gasteiger partial charge in [0.2, 0.25) is 5.88 Å². The van der Waals surface area contributed by atoms with Crippen LogP contribution in [0.15, 0.2) is 24.5 Å². The van der Waals surface area contributed by atoms with Crippen molar-refractivity contribution in [3.8, 4) is 5.88 Å². The van der Waals surface area contributed by atoms with Gasteiger partial charge in [0.1, 0.15) is 0 Å². The molecule has 2 aromatic heterocycles. The van der Waals surface area contributed by atoms with Crippen LogP contribution < -0.4 is 5.32 Å². The predicted octanol–water partition coefficient (Wildman–Crippen LogP) is 3.97. The van der Waals surface area contributed by atoms with Crippen LogP contribution in [0.5, 0.6) is 5.88 Å². The number of anilines is 1. The Morgan fingerprint density at radius 3 is 2.76 bits per heavy atom. The van der Waals surface area contributed by atoms with E-state index in [1.807, 2.05) is 18.3 Å². The molecule has 1 aliphatic rings. The van der Waals surface area contributed by atoms with E-state index >= 15 is 0 Å². The standard InChI is InChI=1S/C16H21N3OS/c20-15-14(10-12-6-5-9-17-11-12)21-16(19-15)18-13-7-3-1-2-4-8-13/h5-6,9,11,13,20H,1-4,7-8,10H2,(H,18,19). The monoisotopic (exact) mass is 303 g/mol. The van der Waals surface area contributed by atoms with E-state index in [9.17, 15) is 5.11 Å². The summed E-state index contributed by atoms with van der Waals surface area (Å²) in [5.41, 5.74) is 1.09. The van der Waals surface area contributed by atoms with Crippen molar-refractivity contribution in [2.24, 2.45) is 0 Å². The van der Waals surface area contributed by atoms with Crippen molar-refractivity contribution in [2.45, 2.75) is 51.0 Å². The smallest absolute Gasteiger partial charge is 0.227 e. The second-order valence-corrected chi connectivity index (χ2v) is 6.72. The largest absolute Gasteiger partial charge is 0.492 e. The first-order chi connectivity index (χ1) is 10.3. The molecule has 112 valence electrons. The van der Waals surface area contributed by atoms with E-state index in [1.54, 1.807) is 17.5 Å². The Bertz CT molecular complexity index is 562. The van der Waals surface area contributed by atoms with E-state index in [0.29, 0.717) is 12.5 Å². The fourth-order valence-electron chi connectivity index (χ4n) is 2.81. The summed E-state index contributed by atoms with van der Waals surface area (Å²) in [7, 11) is 0. The Balaban J connectivity index is 1.66. The van der Waals surface area contributed by atoms with Gasteiger partial charge in [-0.3, -0.25) is 4.98 Å². The molecule has 4 nitrogen and oxygen atoms in total. The first-order valence-corrected chi connectivity index (χ1v) is 8.47. The number of rotatable bonds is 4. The highest BCUT2D eigenvalue weighted by molar-refractivity contribution is 7.15. The maximum Gasteiger partial charge on any atom is 0.227 e. The molecule has 0 spiro atoms. The first kappa shape index (κ1) is 14.3. The minimum absolute atomic E-state index is 0.153. The fourth-order valence-corrected chi connectivity index (χ4v) is 3.77. The molecule has 0 atom stereocenters. The minimum atomic E-state index is 0.153. The average Bonchev–Trinajstić information content (AvgIpc) is 2.68. The summed E-state index contributed by atoms with van der Waals surface area (Å²) < 4.78 is 0. The second-order valence-electron chi connectivity index (χ2n) is 5.64. The molecule has 0 radical (unpaired) electrons. The van der Waals surface area contributed by atoms with Gasteiger partial charge in [-0.2, -0.15) is 4.98 Å². The van der Waals surface area contributed by atoms with E-state index in [1.165, 1.54) is 38.5 Å². The maximum atomic E-state index is 10.0. The lowest BCUT2D eigenvalue weighted by molar-refractivity contribution is 0.452. The third kappa shape index (κ3) is 3.94. The normalized spacial score (nSPS) is 16.6. The Hall–Kier alpha value is -1.62. The van der Waals surface area contributed by atoms with Gasteiger partial charge in [-0.25, -0.2) is 0 Å². The Morgan fingerprint density at radius 2 is 2.05 bits per heavy atom. The van der Waals surface area contributed by atoms with Crippen LogP contribution in [0, 0.1) is 0 Å². The summed E-state index contributed by atoms with van der Waals surface area (Å²) >= 11 is 1.55. The molecular formula is C16H21N3OS. The van der Waals surface area contributed by atoms with Crippen LogP contribution in [-0.4, -0.2) is 21.1 Å². The van der Waals surface area contributed by atoms with Gasteiger partial charge in [-0.05, 0) is 24.5 Å². The molecule has 21 heavy (non-hydrogen) atoms. The zero-order valence-electron chi connectivity index (χ0n) is 12.1. The summed E-state index contributed by atoms with van der Waals surface area (Å²) in [4.78, 5) is 9.28. The molecule has 0 unspecified atom stereocenters. The Labute approximate surface area is 129 Å². The highest BCUT2D eigenvalue weighted by Gasteiger charge is 2.16. The van der Waals surface area contributed by atoms with Gasteiger partial charge in [-0.15, -0.1) is 0 Å². The van der Waals surface area contributed by atoms with Crippen LogP contribution in [0.1, 0.15) is 49.0 Å². The molecule has 0 saturated heterocycles. The van der Waals surface area contributed by atoms with E-state index in [-0.39, 0.29) is 5.88 Å². The van der Waals surface area contributed by atoms with Crippen molar-refractivity contribution in [1.82, 2.24) is 9.97 Å². The van der Waals surface area contributed by atoms with Crippen molar-refractivity contribution >= 4 is 16.5 Å². The van der Waals surface area contributed by atoms with Gasteiger partial charge in [0.25, 0.3) is 0 Å². The average molecular weight is 303 g/mol. The lowest BCUT2D eigenvalue weighted by Gasteiger charge is -2.14. The van der Waals surface area contributed by atoms with Crippen LogP contribution in [0.25, 0.3) is 0 Å². The van der Waals surface area contributed by atoms with Crippen molar-refractivity contribution in [2.75, 3.05) is 5.32 Å². The van der Waals surface area contributed by atoms with Crippen LogP contribution in [-0.2, 0) is 6.42 Å². The lowest BCUT2D eigenvalue weighted by atomic mass is 10.1. The Kier molecular flexibility index (Phi) is 4.70. The molecule has 1 aliphatic carbocycles. The van der Waals surface area contributed by atoms with E-state index in [0.717, 1.165) is 15.6 Å². The lowest BCUT2D eigenvalue weighted by Crippen LogP contribution is -2.17.